The molecule has 1 N–H and O–H groups in total. The maximum absolute atomic E-state index is 12.7. The number of fused-ring (bicyclic) bond motifs is 1. The standard InChI is InChI=1S/C22H23N3O3/c1-15(25-14-23-20-9-5-4-8-19(20)22(25)27)21(26)24-16-10-12-18(13-11-16)28-17-6-2-3-7-17/h4-5,8-15,17H,2-3,6-7H2,1H3,(H,24,26). The highest BCUT2D eigenvalue weighted by atomic mass is 16.5. The molecule has 1 fully saturated rings. The third kappa shape index (κ3) is 3.76. The molecular weight excluding hydrogens is 354 g/mol. The van der Waals surface area contributed by atoms with Gasteiger partial charge in [0, 0.05) is 5.69 Å². The Kier molecular flexibility index (Phi) is 5.10. The fraction of sp³-hybridized carbons (Fsp3) is 0.318. The zero-order valence-corrected chi connectivity index (χ0v) is 15.8. The first-order chi connectivity index (χ1) is 13.6. The highest BCUT2D eigenvalue weighted by Gasteiger charge is 2.19. The highest BCUT2D eigenvalue weighted by molar-refractivity contribution is 5.93. The van der Waals surface area contributed by atoms with Crippen molar-refractivity contribution < 1.29 is 9.53 Å². The van der Waals surface area contributed by atoms with Crippen molar-refractivity contribution in [3.8, 4) is 5.75 Å². The van der Waals surface area contributed by atoms with Crippen molar-refractivity contribution in [3.05, 3.63) is 65.2 Å². The molecule has 6 heteroatoms. The average molecular weight is 377 g/mol. The lowest BCUT2D eigenvalue weighted by atomic mass is 10.2. The number of benzene rings is 2. The van der Waals surface area contributed by atoms with Gasteiger partial charge in [-0.3, -0.25) is 14.2 Å². The van der Waals surface area contributed by atoms with E-state index in [0.29, 0.717) is 22.7 Å². The van der Waals surface area contributed by atoms with E-state index in [-0.39, 0.29) is 11.5 Å². The normalized spacial score (nSPS) is 15.5. The molecule has 0 spiro atoms. The Hall–Kier alpha value is -3.15. The van der Waals surface area contributed by atoms with Crippen LogP contribution in [0.5, 0.6) is 5.75 Å². The van der Waals surface area contributed by atoms with E-state index >= 15 is 0 Å². The van der Waals surface area contributed by atoms with Crippen molar-refractivity contribution in [2.45, 2.75) is 44.8 Å². The second-order valence-corrected chi connectivity index (χ2v) is 7.19. The molecule has 28 heavy (non-hydrogen) atoms. The maximum Gasteiger partial charge on any atom is 0.261 e. The van der Waals surface area contributed by atoms with Gasteiger partial charge in [0.25, 0.3) is 5.56 Å². The van der Waals surface area contributed by atoms with Crippen molar-refractivity contribution in [3.63, 3.8) is 0 Å². The molecule has 1 saturated carbocycles. The predicted molar refractivity (Wildman–Crippen MR) is 109 cm³/mol. The number of hydrogen-bond donors (Lipinski definition) is 1. The van der Waals surface area contributed by atoms with Crippen LogP contribution in [0.2, 0.25) is 0 Å². The summed E-state index contributed by atoms with van der Waals surface area (Å²) < 4.78 is 7.30. The van der Waals surface area contributed by atoms with E-state index in [4.69, 9.17) is 4.74 Å². The summed E-state index contributed by atoms with van der Waals surface area (Å²) in [5.41, 5.74) is 1.06. The molecule has 1 aliphatic rings. The van der Waals surface area contributed by atoms with Crippen molar-refractivity contribution in [2.24, 2.45) is 0 Å². The Morgan fingerprint density at radius 1 is 1.14 bits per heavy atom. The summed E-state index contributed by atoms with van der Waals surface area (Å²) in [7, 11) is 0. The van der Waals surface area contributed by atoms with Crippen molar-refractivity contribution in [1.82, 2.24) is 9.55 Å². The van der Waals surface area contributed by atoms with Crippen molar-refractivity contribution in [2.75, 3.05) is 5.32 Å². The van der Waals surface area contributed by atoms with Crippen LogP contribution in [0.3, 0.4) is 0 Å². The number of nitrogens with one attached hydrogen (secondary N) is 1. The quantitative estimate of drug-likeness (QED) is 0.731. The van der Waals surface area contributed by atoms with Crippen LogP contribution in [-0.4, -0.2) is 21.6 Å². The predicted octanol–water partition coefficient (Wildman–Crippen LogP) is 3.92. The largest absolute Gasteiger partial charge is 0.490 e. The molecule has 3 aromatic rings. The number of nitrogens with zero attached hydrogens (tertiary/aromatic N) is 2. The van der Waals surface area contributed by atoms with Gasteiger partial charge in [-0.15, -0.1) is 0 Å². The third-order valence-electron chi connectivity index (χ3n) is 5.21. The summed E-state index contributed by atoms with van der Waals surface area (Å²) in [5.74, 6) is 0.538. The number of para-hydroxylation sites is 1. The van der Waals surface area contributed by atoms with Gasteiger partial charge in [0.1, 0.15) is 11.8 Å². The molecule has 0 bridgehead atoms. The first kappa shape index (κ1) is 18.2. The number of rotatable bonds is 5. The minimum Gasteiger partial charge on any atom is -0.490 e. The topological polar surface area (TPSA) is 73.2 Å². The summed E-state index contributed by atoms with van der Waals surface area (Å²) in [6.07, 6.45) is 6.37. The van der Waals surface area contributed by atoms with E-state index in [2.05, 4.69) is 10.3 Å². The van der Waals surface area contributed by atoms with Gasteiger partial charge in [0.15, 0.2) is 0 Å². The molecule has 144 valence electrons. The van der Waals surface area contributed by atoms with Crippen LogP contribution in [0.15, 0.2) is 59.7 Å². The maximum atomic E-state index is 12.7. The fourth-order valence-corrected chi connectivity index (χ4v) is 3.55. The number of hydrogen-bond acceptors (Lipinski definition) is 4. The van der Waals surface area contributed by atoms with Gasteiger partial charge in [-0.2, -0.15) is 0 Å². The number of amides is 1. The van der Waals surface area contributed by atoms with Gasteiger partial charge in [0.05, 0.1) is 23.3 Å². The molecule has 1 atom stereocenters. The Morgan fingerprint density at radius 2 is 1.86 bits per heavy atom. The molecule has 1 amide bonds. The summed E-state index contributed by atoms with van der Waals surface area (Å²) in [5, 5.41) is 3.35. The highest BCUT2D eigenvalue weighted by Crippen LogP contribution is 2.25. The molecule has 1 aromatic heterocycles. The van der Waals surface area contributed by atoms with E-state index in [1.807, 2.05) is 30.3 Å². The summed E-state index contributed by atoms with van der Waals surface area (Å²) in [6, 6.07) is 13.8. The molecule has 0 aliphatic heterocycles. The van der Waals surface area contributed by atoms with Gasteiger partial charge in [-0.05, 0) is 69.0 Å². The zero-order chi connectivity index (χ0) is 19.5. The summed E-state index contributed by atoms with van der Waals surface area (Å²) in [6.45, 7) is 1.69. The molecule has 4 rings (SSSR count). The second kappa shape index (κ2) is 7.84. The summed E-state index contributed by atoms with van der Waals surface area (Å²) >= 11 is 0. The Balaban J connectivity index is 1.46. The second-order valence-electron chi connectivity index (χ2n) is 7.19. The lowest BCUT2D eigenvalue weighted by Crippen LogP contribution is -2.31. The SMILES string of the molecule is CC(C(=O)Nc1ccc(OC2CCCC2)cc1)n1cnc2ccccc2c1=O. The zero-order valence-electron chi connectivity index (χ0n) is 15.8. The van der Waals surface area contributed by atoms with Crippen molar-refractivity contribution in [1.29, 1.82) is 0 Å². The van der Waals surface area contributed by atoms with Crippen LogP contribution in [0.25, 0.3) is 10.9 Å². The average Bonchev–Trinajstić information content (AvgIpc) is 3.22. The van der Waals surface area contributed by atoms with Crippen LogP contribution in [0.4, 0.5) is 5.69 Å². The minimum atomic E-state index is -0.681. The van der Waals surface area contributed by atoms with E-state index in [1.54, 1.807) is 25.1 Å². The summed E-state index contributed by atoms with van der Waals surface area (Å²) in [4.78, 5) is 29.6. The monoisotopic (exact) mass is 377 g/mol. The van der Waals surface area contributed by atoms with E-state index < -0.39 is 6.04 Å². The van der Waals surface area contributed by atoms with E-state index in [1.165, 1.54) is 23.7 Å². The molecule has 1 aliphatic carbocycles. The van der Waals surface area contributed by atoms with Gasteiger partial charge >= 0.3 is 0 Å². The van der Waals surface area contributed by atoms with E-state index in [9.17, 15) is 9.59 Å². The van der Waals surface area contributed by atoms with Crippen LogP contribution < -0.4 is 15.6 Å². The van der Waals surface area contributed by atoms with E-state index in [0.717, 1.165) is 18.6 Å². The molecule has 6 nitrogen and oxygen atoms in total. The molecule has 1 unspecified atom stereocenters. The van der Waals surface area contributed by atoms with Gasteiger partial charge in [-0.1, -0.05) is 12.1 Å². The Labute approximate surface area is 163 Å². The molecule has 0 saturated heterocycles. The lowest BCUT2D eigenvalue weighted by molar-refractivity contribution is -0.118. The molecule has 1 heterocycles. The molecular formula is C22H23N3O3. The van der Waals surface area contributed by atoms with Crippen molar-refractivity contribution >= 4 is 22.5 Å². The number of carbonyl (C=O) groups excluding carboxylic acids is 1. The lowest BCUT2D eigenvalue weighted by Gasteiger charge is -2.16. The van der Waals surface area contributed by atoms with Crippen LogP contribution in [0.1, 0.15) is 38.6 Å². The Morgan fingerprint density at radius 3 is 2.61 bits per heavy atom. The van der Waals surface area contributed by atoms with Crippen LogP contribution in [0, 0.1) is 0 Å². The smallest absolute Gasteiger partial charge is 0.261 e. The van der Waals surface area contributed by atoms with Gasteiger partial charge in [0.2, 0.25) is 5.91 Å². The van der Waals surface area contributed by atoms with Crippen LogP contribution >= 0.6 is 0 Å². The Bertz CT molecular complexity index is 1040. The van der Waals surface area contributed by atoms with Crippen LogP contribution in [-0.2, 0) is 4.79 Å². The number of carbonyl (C=O) groups is 1. The first-order valence-electron chi connectivity index (χ1n) is 9.65. The van der Waals surface area contributed by atoms with Gasteiger partial charge < -0.3 is 10.1 Å². The number of ether oxygens (including phenoxy) is 1. The fourth-order valence-electron chi connectivity index (χ4n) is 3.55. The molecule has 2 aromatic carbocycles. The third-order valence-corrected chi connectivity index (χ3v) is 5.21. The molecule has 0 radical (unpaired) electrons. The first-order valence-corrected chi connectivity index (χ1v) is 9.65. The number of anilines is 1. The van der Waals surface area contributed by atoms with Gasteiger partial charge in [-0.25, -0.2) is 4.98 Å². The number of aromatic nitrogens is 2. The minimum absolute atomic E-state index is 0.228.